The summed E-state index contributed by atoms with van der Waals surface area (Å²) < 4.78 is 5.80. The summed E-state index contributed by atoms with van der Waals surface area (Å²) in [6.45, 7) is 9.32. The highest BCUT2D eigenvalue weighted by molar-refractivity contribution is 5.94. The minimum absolute atomic E-state index is 0.00751. The van der Waals surface area contributed by atoms with Crippen LogP contribution in [0.2, 0.25) is 0 Å². The maximum atomic E-state index is 12.7. The Hall–Kier alpha value is -2.82. The minimum Gasteiger partial charge on any atom is -0.483 e. The van der Waals surface area contributed by atoms with Crippen LogP contribution in [-0.4, -0.2) is 42.5 Å². The first-order valence-corrected chi connectivity index (χ1v) is 10.2. The lowest BCUT2D eigenvalue weighted by Crippen LogP contribution is -2.47. The summed E-state index contributed by atoms with van der Waals surface area (Å²) in [6.07, 6.45) is 1.51. The van der Waals surface area contributed by atoms with E-state index in [0.717, 1.165) is 46.4 Å². The van der Waals surface area contributed by atoms with Crippen LogP contribution in [0.25, 0.3) is 0 Å². The number of nitrogens with zero attached hydrogens (tertiary/aromatic N) is 1. The molecule has 0 unspecified atom stereocenters. The highest BCUT2D eigenvalue weighted by atomic mass is 16.5. The van der Waals surface area contributed by atoms with Crippen LogP contribution in [0.4, 0.5) is 0 Å². The summed E-state index contributed by atoms with van der Waals surface area (Å²) in [5.74, 6) is 0.736. The Morgan fingerprint density at radius 2 is 1.72 bits per heavy atom. The molecule has 0 radical (unpaired) electrons. The third kappa shape index (κ3) is 5.17. The first-order valence-electron chi connectivity index (χ1n) is 10.2. The normalized spacial score (nSPS) is 14.6. The summed E-state index contributed by atoms with van der Waals surface area (Å²) in [4.78, 5) is 26.9. The van der Waals surface area contributed by atoms with Gasteiger partial charge in [0.05, 0.1) is 0 Å². The zero-order valence-corrected chi connectivity index (χ0v) is 17.7. The maximum Gasteiger partial charge on any atom is 0.258 e. The number of hydrogen-bond donors (Lipinski definition) is 1. The number of carbonyl (C=O) groups excluding carboxylic acids is 2. The van der Waals surface area contributed by atoms with Crippen molar-refractivity contribution in [3.8, 4) is 5.75 Å². The number of carbonyl (C=O) groups is 2. The van der Waals surface area contributed by atoms with E-state index in [4.69, 9.17) is 4.74 Å². The topological polar surface area (TPSA) is 58.6 Å². The van der Waals surface area contributed by atoms with Crippen molar-refractivity contribution in [3.63, 3.8) is 0 Å². The Morgan fingerprint density at radius 1 is 1.03 bits per heavy atom. The molecule has 2 aromatic rings. The highest BCUT2D eigenvalue weighted by Gasteiger charge is 2.24. The lowest BCUT2D eigenvalue weighted by Gasteiger charge is -2.32. The molecule has 1 N–H and O–H groups in total. The molecular formula is C24H30N2O3. The van der Waals surface area contributed by atoms with Gasteiger partial charge in [-0.1, -0.05) is 29.8 Å². The van der Waals surface area contributed by atoms with Crippen molar-refractivity contribution < 1.29 is 14.3 Å². The molecule has 1 aliphatic rings. The monoisotopic (exact) mass is 394 g/mol. The molecule has 1 heterocycles. The van der Waals surface area contributed by atoms with Crippen LogP contribution >= 0.6 is 0 Å². The molecule has 1 saturated heterocycles. The fourth-order valence-corrected chi connectivity index (χ4v) is 3.74. The van der Waals surface area contributed by atoms with Gasteiger partial charge in [-0.05, 0) is 69.4 Å². The highest BCUT2D eigenvalue weighted by Crippen LogP contribution is 2.25. The third-order valence-electron chi connectivity index (χ3n) is 5.63. The van der Waals surface area contributed by atoms with Gasteiger partial charge in [0.15, 0.2) is 6.61 Å². The SMILES string of the molecule is Cc1cccc(C(=O)N2CCC(NC(=O)COc3c(C)ccc(C)c3C)CC2)c1. The number of amides is 2. The van der Waals surface area contributed by atoms with Crippen LogP contribution in [0.1, 0.15) is 45.5 Å². The number of ether oxygens (including phenoxy) is 1. The molecule has 5 heteroatoms. The van der Waals surface area contributed by atoms with Crippen molar-refractivity contribution in [1.82, 2.24) is 10.2 Å². The Labute approximate surface area is 173 Å². The van der Waals surface area contributed by atoms with Gasteiger partial charge in [0.25, 0.3) is 11.8 Å². The summed E-state index contributed by atoms with van der Waals surface area (Å²) in [6, 6.07) is 11.8. The molecule has 5 nitrogen and oxygen atoms in total. The fourth-order valence-electron chi connectivity index (χ4n) is 3.74. The number of benzene rings is 2. The van der Waals surface area contributed by atoms with Crippen LogP contribution in [0, 0.1) is 27.7 Å². The predicted molar refractivity (Wildman–Crippen MR) is 114 cm³/mol. The summed E-state index contributed by atoms with van der Waals surface area (Å²) in [5, 5.41) is 3.05. The van der Waals surface area contributed by atoms with Gasteiger partial charge < -0.3 is 15.0 Å². The molecule has 0 spiro atoms. The first kappa shape index (κ1) is 20.9. The standard InChI is InChI=1S/C24H30N2O3/c1-16-6-5-7-20(14-16)24(28)26-12-10-21(11-13-26)25-22(27)15-29-23-18(3)9-8-17(2)19(23)4/h5-9,14,21H,10-13,15H2,1-4H3,(H,25,27). The lowest BCUT2D eigenvalue weighted by molar-refractivity contribution is -0.124. The summed E-state index contributed by atoms with van der Waals surface area (Å²) in [5.41, 5.74) is 5.06. The molecule has 0 aliphatic carbocycles. The van der Waals surface area contributed by atoms with Gasteiger partial charge >= 0.3 is 0 Å². The molecule has 154 valence electrons. The van der Waals surface area contributed by atoms with E-state index < -0.39 is 0 Å². The van der Waals surface area contributed by atoms with Gasteiger partial charge in [-0.15, -0.1) is 0 Å². The van der Waals surface area contributed by atoms with E-state index >= 15 is 0 Å². The second-order valence-corrected chi connectivity index (χ2v) is 7.95. The van der Waals surface area contributed by atoms with Gasteiger partial charge in [-0.25, -0.2) is 0 Å². The average Bonchev–Trinajstić information content (AvgIpc) is 2.71. The van der Waals surface area contributed by atoms with Gasteiger partial charge in [-0.3, -0.25) is 9.59 Å². The van der Waals surface area contributed by atoms with Crippen LogP contribution in [0.15, 0.2) is 36.4 Å². The number of piperidine rings is 1. The van der Waals surface area contributed by atoms with E-state index in [1.807, 2.05) is 62.9 Å². The molecule has 0 saturated carbocycles. The first-order chi connectivity index (χ1) is 13.8. The summed E-state index contributed by atoms with van der Waals surface area (Å²) >= 11 is 0. The van der Waals surface area contributed by atoms with Crippen molar-refractivity contribution >= 4 is 11.8 Å². The Balaban J connectivity index is 1.48. The molecule has 2 amide bonds. The molecule has 29 heavy (non-hydrogen) atoms. The molecular weight excluding hydrogens is 364 g/mol. The van der Waals surface area contributed by atoms with Crippen molar-refractivity contribution in [2.24, 2.45) is 0 Å². The minimum atomic E-state index is -0.117. The van der Waals surface area contributed by atoms with Crippen LogP contribution in [-0.2, 0) is 4.79 Å². The number of hydrogen-bond acceptors (Lipinski definition) is 3. The van der Waals surface area contributed by atoms with E-state index in [1.165, 1.54) is 0 Å². The third-order valence-corrected chi connectivity index (χ3v) is 5.63. The molecule has 2 aromatic carbocycles. The number of likely N-dealkylation sites (tertiary alicyclic amines) is 1. The van der Waals surface area contributed by atoms with Crippen LogP contribution < -0.4 is 10.1 Å². The van der Waals surface area contributed by atoms with Crippen molar-refractivity contribution in [1.29, 1.82) is 0 Å². The fraction of sp³-hybridized carbons (Fsp3) is 0.417. The Bertz CT molecular complexity index is 899. The number of nitrogens with one attached hydrogen (secondary N) is 1. The van der Waals surface area contributed by atoms with Gasteiger partial charge in [0, 0.05) is 24.7 Å². The molecule has 0 aromatic heterocycles. The number of aryl methyl sites for hydroxylation is 3. The van der Waals surface area contributed by atoms with Crippen molar-refractivity contribution in [2.75, 3.05) is 19.7 Å². The Kier molecular flexibility index (Phi) is 6.57. The largest absolute Gasteiger partial charge is 0.483 e. The van der Waals surface area contributed by atoms with Crippen LogP contribution in [0.5, 0.6) is 5.75 Å². The van der Waals surface area contributed by atoms with Gasteiger partial charge in [0.2, 0.25) is 0 Å². The van der Waals surface area contributed by atoms with Crippen molar-refractivity contribution in [3.05, 3.63) is 64.2 Å². The van der Waals surface area contributed by atoms with E-state index in [1.54, 1.807) is 0 Å². The molecule has 1 fully saturated rings. The molecule has 3 rings (SSSR count). The van der Waals surface area contributed by atoms with Crippen LogP contribution in [0.3, 0.4) is 0 Å². The zero-order chi connectivity index (χ0) is 21.0. The Morgan fingerprint density at radius 3 is 2.41 bits per heavy atom. The lowest BCUT2D eigenvalue weighted by atomic mass is 10.0. The predicted octanol–water partition coefficient (Wildman–Crippen LogP) is 3.72. The summed E-state index contributed by atoms with van der Waals surface area (Å²) in [7, 11) is 0. The quantitative estimate of drug-likeness (QED) is 0.841. The van der Waals surface area contributed by atoms with E-state index in [9.17, 15) is 9.59 Å². The maximum absolute atomic E-state index is 12.7. The molecule has 0 bridgehead atoms. The van der Waals surface area contributed by atoms with Gasteiger partial charge in [-0.2, -0.15) is 0 Å². The number of rotatable bonds is 5. The van der Waals surface area contributed by atoms with E-state index in [-0.39, 0.29) is 24.5 Å². The average molecular weight is 395 g/mol. The van der Waals surface area contributed by atoms with E-state index in [0.29, 0.717) is 13.1 Å². The molecule has 0 atom stereocenters. The molecule has 1 aliphatic heterocycles. The zero-order valence-electron chi connectivity index (χ0n) is 17.7. The smallest absolute Gasteiger partial charge is 0.258 e. The second kappa shape index (κ2) is 9.12. The second-order valence-electron chi connectivity index (χ2n) is 7.95. The van der Waals surface area contributed by atoms with Gasteiger partial charge in [0.1, 0.15) is 5.75 Å². The van der Waals surface area contributed by atoms with Crippen molar-refractivity contribution in [2.45, 2.75) is 46.6 Å². The van der Waals surface area contributed by atoms with E-state index in [2.05, 4.69) is 11.4 Å².